The molecule has 0 spiro atoms. The molecule has 0 N–H and O–H groups in total. The molecule has 1 heterocycles. The minimum Gasteiger partial charge on any atom is -0.491 e. The van der Waals surface area contributed by atoms with E-state index in [-0.39, 0.29) is 0 Å². The number of hydrogen-bond donors (Lipinski definition) is 0. The lowest BCUT2D eigenvalue weighted by Gasteiger charge is -2.07. The SMILES string of the molecule is COCCOc1cccc(-c2cnn(C(C)C)c2)c1. The molecule has 0 bridgehead atoms. The molecule has 0 aliphatic heterocycles. The average molecular weight is 260 g/mol. The number of hydrogen-bond acceptors (Lipinski definition) is 3. The van der Waals surface area contributed by atoms with Crippen LogP contribution in [0.1, 0.15) is 19.9 Å². The lowest BCUT2D eigenvalue weighted by molar-refractivity contribution is 0.146. The molecule has 4 nitrogen and oxygen atoms in total. The Morgan fingerprint density at radius 2 is 2.05 bits per heavy atom. The third-order valence-electron chi connectivity index (χ3n) is 2.85. The maximum atomic E-state index is 5.61. The van der Waals surface area contributed by atoms with Crippen LogP contribution in [-0.4, -0.2) is 30.1 Å². The van der Waals surface area contributed by atoms with Crippen LogP contribution in [0.2, 0.25) is 0 Å². The Hall–Kier alpha value is -1.81. The molecule has 0 saturated heterocycles. The molecule has 0 atom stereocenters. The third kappa shape index (κ3) is 3.58. The average Bonchev–Trinajstić information content (AvgIpc) is 2.89. The van der Waals surface area contributed by atoms with Gasteiger partial charge < -0.3 is 9.47 Å². The highest BCUT2D eigenvalue weighted by Crippen LogP contribution is 2.24. The predicted molar refractivity (Wildman–Crippen MR) is 75.4 cm³/mol. The van der Waals surface area contributed by atoms with Crippen LogP contribution < -0.4 is 4.74 Å². The van der Waals surface area contributed by atoms with E-state index in [0.717, 1.165) is 16.9 Å². The Kier molecular flexibility index (Phi) is 4.58. The molecular formula is C15H20N2O2. The fourth-order valence-corrected chi connectivity index (χ4v) is 1.78. The van der Waals surface area contributed by atoms with E-state index in [2.05, 4.69) is 31.2 Å². The van der Waals surface area contributed by atoms with Crippen LogP contribution in [0, 0.1) is 0 Å². The smallest absolute Gasteiger partial charge is 0.120 e. The zero-order valence-electron chi connectivity index (χ0n) is 11.7. The Morgan fingerprint density at radius 3 is 2.74 bits per heavy atom. The minimum absolute atomic E-state index is 0.370. The van der Waals surface area contributed by atoms with Gasteiger partial charge in [0.1, 0.15) is 12.4 Å². The summed E-state index contributed by atoms with van der Waals surface area (Å²) in [6, 6.07) is 8.40. The molecule has 2 aromatic rings. The molecular weight excluding hydrogens is 240 g/mol. The highest BCUT2D eigenvalue weighted by atomic mass is 16.5. The molecule has 0 unspecified atom stereocenters. The number of rotatable bonds is 6. The molecule has 0 fully saturated rings. The first-order valence-electron chi connectivity index (χ1n) is 6.47. The monoisotopic (exact) mass is 260 g/mol. The van der Waals surface area contributed by atoms with Crippen molar-refractivity contribution in [2.24, 2.45) is 0 Å². The van der Waals surface area contributed by atoms with Crippen LogP contribution in [0.4, 0.5) is 0 Å². The summed E-state index contributed by atoms with van der Waals surface area (Å²) in [7, 11) is 1.67. The van der Waals surface area contributed by atoms with Crippen molar-refractivity contribution >= 4 is 0 Å². The molecule has 1 aromatic heterocycles. The van der Waals surface area contributed by atoms with Crippen molar-refractivity contribution in [1.29, 1.82) is 0 Å². The number of nitrogens with zero attached hydrogens (tertiary/aromatic N) is 2. The van der Waals surface area contributed by atoms with E-state index < -0.39 is 0 Å². The van der Waals surface area contributed by atoms with Crippen molar-refractivity contribution in [2.45, 2.75) is 19.9 Å². The summed E-state index contributed by atoms with van der Waals surface area (Å²) in [4.78, 5) is 0. The van der Waals surface area contributed by atoms with Gasteiger partial charge in [0.05, 0.1) is 12.8 Å². The Labute approximate surface area is 114 Å². The van der Waals surface area contributed by atoms with E-state index in [1.165, 1.54) is 0 Å². The van der Waals surface area contributed by atoms with Gasteiger partial charge in [0.15, 0.2) is 0 Å². The Balaban J connectivity index is 2.12. The number of ether oxygens (including phenoxy) is 2. The second-order valence-corrected chi connectivity index (χ2v) is 4.67. The molecule has 0 amide bonds. The van der Waals surface area contributed by atoms with Crippen LogP contribution in [0.3, 0.4) is 0 Å². The zero-order chi connectivity index (χ0) is 13.7. The van der Waals surface area contributed by atoms with E-state index in [0.29, 0.717) is 19.3 Å². The number of benzene rings is 1. The van der Waals surface area contributed by atoms with Crippen LogP contribution in [0.15, 0.2) is 36.7 Å². The fraction of sp³-hybridized carbons (Fsp3) is 0.400. The normalized spacial score (nSPS) is 10.9. The zero-order valence-corrected chi connectivity index (χ0v) is 11.7. The second-order valence-electron chi connectivity index (χ2n) is 4.67. The van der Waals surface area contributed by atoms with Gasteiger partial charge in [-0.3, -0.25) is 4.68 Å². The van der Waals surface area contributed by atoms with Crippen LogP contribution in [0.5, 0.6) is 5.75 Å². The Morgan fingerprint density at radius 1 is 1.21 bits per heavy atom. The van der Waals surface area contributed by atoms with Gasteiger partial charge in [-0.2, -0.15) is 5.10 Å². The van der Waals surface area contributed by atoms with Gasteiger partial charge in [-0.25, -0.2) is 0 Å². The van der Waals surface area contributed by atoms with Gasteiger partial charge in [-0.05, 0) is 31.5 Å². The summed E-state index contributed by atoms with van der Waals surface area (Å²) in [5.41, 5.74) is 2.22. The molecule has 0 aliphatic carbocycles. The molecule has 4 heteroatoms. The molecule has 2 rings (SSSR count). The fourth-order valence-electron chi connectivity index (χ4n) is 1.78. The van der Waals surface area contributed by atoms with E-state index in [4.69, 9.17) is 9.47 Å². The number of aromatic nitrogens is 2. The molecule has 102 valence electrons. The van der Waals surface area contributed by atoms with Crippen molar-refractivity contribution in [3.05, 3.63) is 36.7 Å². The summed E-state index contributed by atoms with van der Waals surface area (Å²) in [5, 5.41) is 4.35. The van der Waals surface area contributed by atoms with Crippen molar-refractivity contribution in [1.82, 2.24) is 9.78 Å². The molecule has 19 heavy (non-hydrogen) atoms. The first kappa shape index (κ1) is 13.6. The molecule has 0 aliphatic rings. The molecule has 0 saturated carbocycles. The van der Waals surface area contributed by atoms with Gasteiger partial charge >= 0.3 is 0 Å². The summed E-state index contributed by atoms with van der Waals surface area (Å²) in [6.45, 7) is 5.38. The maximum absolute atomic E-state index is 5.61. The minimum atomic E-state index is 0.370. The van der Waals surface area contributed by atoms with Gasteiger partial charge in [-0.1, -0.05) is 12.1 Å². The van der Waals surface area contributed by atoms with Crippen molar-refractivity contribution in [2.75, 3.05) is 20.3 Å². The van der Waals surface area contributed by atoms with E-state index in [1.807, 2.05) is 29.1 Å². The largest absolute Gasteiger partial charge is 0.491 e. The third-order valence-corrected chi connectivity index (χ3v) is 2.85. The first-order chi connectivity index (χ1) is 9.20. The second kappa shape index (κ2) is 6.38. The van der Waals surface area contributed by atoms with Crippen LogP contribution in [-0.2, 0) is 4.74 Å². The van der Waals surface area contributed by atoms with Crippen molar-refractivity contribution < 1.29 is 9.47 Å². The molecule has 0 radical (unpaired) electrons. The highest BCUT2D eigenvalue weighted by molar-refractivity contribution is 5.63. The van der Waals surface area contributed by atoms with E-state index >= 15 is 0 Å². The van der Waals surface area contributed by atoms with Gasteiger partial charge in [0.2, 0.25) is 0 Å². The van der Waals surface area contributed by atoms with E-state index in [1.54, 1.807) is 7.11 Å². The summed E-state index contributed by atoms with van der Waals surface area (Å²) in [5.74, 6) is 0.854. The predicted octanol–water partition coefficient (Wildman–Crippen LogP) is 3.16. The summed E-state index contributed by atoms with van der Waals surface area (Å²) >= 11 is 0. The van der Waals surface area contributed by atoms with Crippen molar-refractivity contribution in [3.63, 3.8) is 0 Å². The van der Waals surface area contributed by atoms with Crippen LogP contribution >= 0.6 is 0 Å². The quantitative estimate of drug-likeness (QED) is 0.749. The van der Waals surface area contributed by atoms with Crippen molar-refractivity contribution in [3.8, 4) is 16.9 Å². The van der Waals surface area contributed by atoms with E-state index in [9.17, 15) is 0 Å². The standard InChI is InChI=1S/C15H20N2O2/c1-12(2)17-11-14(10-16-17)13-5-4-6-15(9-13)19-8-7-18-3/h4-6,9-12H,7-8H2,1-3H3. The summed E-state index contributed by atoms with van der Waals surface area (Å²) < 4.78 is 12.5. The summed E-state index contributed by atoms with van der Waals surface area (Å²) in [6.07, 6.45) is 3.94. The number of methoxy groups -OCH3 is 1. The van der Waals surface area contributed by atoms with Gasteiger partial charge in [0.25, 0.3) is 0 Å². The first-order valence-corrected chi connectivity index (χ1v) is 6.47. The molecule has 1 aromatic carbocycles. The van der Waals surface area contributed by atoms with Gasteiger partial charge in [-0.15, -0.1) is 0 Å². The topological polar surface area (TPSA) is 36.3 Å². The van der Waals surface area contributed by atoms with Gasteiger partial charge in [0, 0.05) is 24.9 Å². The Bertz CT molecular complexity index is 520. The lowest BCUT2D eigenvalue weighted by atomic mass is 10.1. The highest BCUT2D eigenvalue weighted by Gasteiger charge is 2.05. The maximum Gasteiger partial charge on any atom is 0.120 e. The van der Waals surface area contributed by atoms with Crippen LogP contribution in [0.25, 0.3) is 11.1 Å². The lowest BCUT2D eigenvalue weighted by Crippen LogP contribution is -2.04.